The lowest BCUT2D eigenvalue weighted by atomic mass is 10.0. The van der Waals surface area contributed by atoms with Crippen molar-refractivity contribution in [1.29, 1.82) is 0 Å². The third-order valence-electron chi connectivity index (χ3n) is 5.48. The summed E-state index contributed by atoms with van der Waals surface area (Å²) in [4.78, 5) is 30.1. The molecule has 1 amide bonds. The molecule has 0 saturated carbocycles. The summed E-state index contributed by atoms with van der Waals surface area (Å²) in [7, 11) is 4.97. The molecule has 0 aliphatic carbocycles. The molecular formula is C22H26N6O3. The minimum atomic E-state index is -0.160. The zero-order valence-corrected chi connectivity index (χ0v) is 17.9. The number of carbonyl (C=O) groups excluding carboxylic acids is 1. The fraction of sp³-hybridized carbons (Fsp3) is 0.364. The highest BCUT2D eigenvalue weighted by Crippen LogP contribution is 2.28. The average molecular weight is 422 g/mol. The molecule has 0 N–H and O–H groups in total. The maximum atomic E-state index is 13.1. The first-order valence-electron chi connectivity index (χ1n) is 10.1. The second-order valence-corrected chi connectivity index (χ2v) is 7.32. The SMILES string of the molecule is COc1cc(C(=O)N2CCN([C@@H](c3ccccc3)c3nccn3C)CC2)nc(OC)n1. The molecule has 0 bridgehead atoms. The van der Waals surface area contributed by atoms with Crippen LogP contribution in [0.3, 0.4) is 0 Å². The topological polar surface area (TPSA) is 85.6 Å². The molecule has 2 aromatic heterocycles. The van der Waals surface area contributed by atoms with E-state index < -0.39 is 0 Å². The Hall–Kier alpha value is -3.46. The molecule has 1 atom stereocenters. The van der Waals surface area contributed by atoms with Gasteiger partial charge in [0.2, 0.25) is 5.88 Å². The molecule has 1 saturated heterocycles. The van der Waals surface area contributed by atoms with E-state index in [1.807, 2.05) is 37.6 Å². The molecule has 9 heteroatoms. The molecule has 162 valence electrons. The smallest absolute Gasteiger partial charge is 0.320 e. The van der Waals surface area contributed by atoms with E-state index in [-0.39, 0.29) is 23.7 Å². The van der Waals surface area contributed by atoms with Gasteiger partial charge < -0.3 is 18.9 Å². The van der Waals surface area contributed by atoms with Crippen molar-refractivity contribution >= 4 is 5.91 Å². The number of rotatable bonds is 6. The summed E-state index contributed by atoms with van der Waals surface area (Å²) >= 11 is 0. The number of hydrogen-bond donors (Lipinski definition) is 0. The van der Waals surface area contributed by atoms with Crippen molar-refractivity contribution in [2.45, 2.75) is 6.04 Å². The molecule has 1 fully saturated rings. The van der Waals surface area contributed by atoms with Gasteiger partial charge in [-0.2, -0.15) is 9.97 Å². The minimum absolute atomic E-state index is 0.0256. The summed E-state index contributed by atoms with van der Waals surface area (Å²) in [5.74, 6) is 1.12. The van der Waals surface area contributed by atoms with Crippen LogP contribution in [-0.4, -0.2) is 75.6 Å². The van der Waals surface area contributed by atoms with Crippen molar-refractivity contribution in [3.05, 3.63) is 65.9 Å². The maximum absolute atomic E-state index is 13.1. The van der Waals surface area contributed by atoms with Gasteiger partial charge in [-0.1, -0.05) is 30.3 Å². The van der Waals surface area contributed by atoms with Gasteiger partial charge >= 0.3 is 6.01 Å². The first-order valence-corrected chi connectivity index (χ1v) is 10.1. The van der Waals surface area contributed by atoms with Gasteiger partial charge in [-0.3, -0.25) is 9.69 Å². The first kappa shape index (κ1) is 20.8. The largest absolute Gasteiger partial charge is 0.481 e. The van der Waals surface area contributed by atoms with Crippen LogP contribution in [-0.2, 0) is 7.05 Å². The first-order chi connectivity index (χ1) is 15.1. The average Bonchev–Trinajstić information content (AvgIpc) is 3.24. The van der Waals surface area contributed by atoms with Gasteiger partial charge in [0.15, 0.2) is 0 Å². The van der Waals surface area contributed by atoms with Crippen molar-refractivity contribution in [3.63, 3.8) is 0 Å². The van der Waals surface area contributed by atoms with Gasteiger partial charge in [-0.15, -0.1) is 0 Å². The molecule has 1 aliphatic heterocycles. The van der Waals surface area contributed by atoms with Crippen LogP contribution in [0, 0.1) is 0 Å². The Bertz CT molecular complexity index is 1010. The molecule has 1 aliphatic rings. The molecule has 31 heavy (non-hydrogen) atoms. The van der Waals surface area contributed by atoms with Gasteiger partial charge in [-0.05, 0) is 5.56 Å². The third kappa shape index (κ3) is 4.36. The van der Waals surface area contributed by atoms with Crippen molar-refractivity contribution in [3.8, 4) is 11.9 Å². The van der Waals surface area contributed by atoms with E-state index in [1.54, 1.807) is 4.90 Å². The number of nitrogens with zero attached hydrogens (tertiary/aromatic N) is 6. The van der Waals surface area contributed by atoms with E-state index in [0.717, 1.165) is 18.9 Å². The minimum Gasteiger partial charge on any atom is -0.481 e. The van der Waals surface area contributed by atoms with Crippen LogP contribution >= 0.6 is 0 Å². The maximum Gasteiger partial charge on any atom is 0.320 e. The van der Waals surface area contributed by atoms with E-state index in [1.165, 1.54) is 25.8 Å². The zero-order chi connectivity index (χ0) is 21.8. The predicted molar refractivity (Wildman–Crippen MR) is 114 cm³/mol. The summed E-state index contributed by atoms with van der Waals surface area (Å²) in [6, 6.07) is 12.0. The van der Waals surface area contributed by atoms with E-state index in [2.05, 4.69) is 36.6 Å². The molecule has 0 unspecified atom stereocenters. The van der Waals surface area contributed by atoms with Crippen LogP contribution in [0.15, 0.2) is 48.8 Å². The lowest BCUT2D eigenvalue weighted by Gasteiger charge is -2.39. The van der Waals surface area contributed by atoms with Crippen molar-refractivity contribution in [2.75, 3.05) is 40.4 Å². The summed E-state index contributed by atoms with van der Waals surface area (Å²) in [6.45, 7) is 2.61. The number of ether oxygens (including phenoxy) is 2. The lowest BCUT2D eigenvalue weighted by molar-refractivity contribution is 0.0583. The fourth-order valence-electron chi connectivity index (χ4n) is 3.85. The van der Waals surface area contributed by atoms with Crippen LogP contribution in [0.4, 0.5) is 0 Å². The van der Waals surface area contributed by atoms with Crippen LogP contribution in [0.5, 0.6) is 11.9 Å². The predicted octanol–water partition coefficient (Wildman–Crippen LogP) is 1.77. The van der Waals surface area contributed by atoms with Crippen LogP contribution in [0.1, 0.15) is 27.9 Å². The number of benzene rings is 1. The summed E-state index contributed by atoms with van der Waals surface area (Å²) in [5.41, 5.74) is 1.45. The van der Waals surface area contributed by atoms with Gasteiger partial charge in [-0.25, -0.2) is 4.98 Å². The van der Waals surface area contributed by atoms with Crippen LogP contribution < -0.4 is 9.47 Å². The number of carbonyl (C=O) groups is 1. The molecule has 3 aromatic rings. The molecule has 9 nitrogen and oxygen atoms in total. The second-order valence-electron chi connectivity index (χ2n) is 7.32. The quantitative estimate of drug-likeness (QED) is 0.598. The summed E-state index contributed by atoms with van der Waals surface area (Å²) in [5, 5.41) is 0. The number of methoxy groups -OCH3 is 2. The van der Waals surface area contributed by atoms with E-state index >= 15 is 0 Å². The summed E-state index contributed by atoms with van der Waals surface area (Å²) in [6.07, 6.45) is 3.78. The van der Waals surface area contributed by atoms with E-state index in [9.17, 15) is 4.79 Å². The van der Waals surface area contributed by atoms with Crippen molar-refractivity contribution in [2.24, 2.45) is 7.05 Å². The Morgan fingerprint density at radius 2 is 1.77 bits per heavy atom. The Kier molecular flexibility index (Phi) is 6.13. The van der Waals surface area contributed by atoms with Gasteiger partial charge in [0.05, 0.1) is 20.3 Å². The second kappa shape index (κ2) is 9.13. The van der Waals surface area contributed by atoms with Gasteiger partial charge in [0.25, 0.3) is 5.91 Å². The Morgan fingerprint density at radius 3 is 2.39 bits per heavy atom. The Morgan fingerprint density at radius 1 is 1.03 bits per heavy atom. The van der Waals surface area contributed by atoms with Crippen molar-refractivity contribution in [1.82, 2.24) is 29.3 Å². The highest BCUT2D eigenvalue weighted by molar-refractivity contribution is 5.92. The molecule has 4 rings (SSSR count). The highest BCUT2D eigenvalue weighted by atomic mass is 16.5. The number of hydrogen-bond acceptors (Lipinski definition) is 7. The van der Waals surface area contributed by atoms with Crippen LogP contribution in [0.25, 0.3) is 0 Å². The Labute approximate surface area is 181 Å². The molecule has 0 radical (unpaired) electrons. The molecule has 3 heterocycles. The molecular weight excluding hydrogens is 396 g/mol. The monoisotopic (exact) mass is 422 g/mol. The number of aryl methyl sites for hydroxylation is 1. The highest BCUT2D eigenvalue weighted by Gasteiger charge is 2.31. The van der Waals surface area contributed by atoms with Crippen molar-refractivity contribution < 1.29 is 14.3 Å². The molecule has 0 spiro atoms. The number of amides is 1. The van der Waals surface area contributed by atoms with Gasteiger partial charge in [0, 0.05) is 51.7 Å². The third-order valence-corrected chi connectivity index (χ3v) is 5.48. The number of imidazole rings is 1. The van der Waals surface area contributed by atoms with E-state index in [4.69, 9.17) is 9.47 Å². The number of aromatic nitrogens is 4. The Balaban J connectivity index is 1.52. The standard InChI is InChI=1S/C22H26N6O3/c1-26-10-9-23-20(26)19(16-7-5-4-6-8-16)27-11-13-28(14-12-27)21(29)17-15-18(30-2)25-22(24-17)31-3/h4-10,15,19H,11-14H2,1-3H3/t19-/m0/s1. The normalized spacial score (nSPS) is 15.5. The number of piperazine rings is 1. The van der Waals surface area contributed by atoms with E-state index in [0.29, 0.717) is 19.0 Å². The fourth-order valence-corrected chi connectivity index (χ4v) is 3.85. The lowest BCUT2D eigenvalue weighted by Crippen LogP contribution is -2.50. The van der Waals surface area contributed by atoms with Gasteiger partial charge in [0.1, 0.15) is 11.5 Å². The zero-order valence-electron chi connectivity index (χ0n) is 17.9. The summed E-state index contributed by atoms with van der Waals surface area (Å²) < 4.78 is 12.3. The molecule has 1 aromatic carbocycles. The van der Waals surface area contributed by atoms with Crippen LogP contribution in [0.2, 0.25) is 0 Å².